The Kier molecular flexibility index (Phi) is 6.24. The number of hydrogen-bond acceptors (Lipinski definition) is 5. The molecule has 7 nitrogen and oxygen atoms in total. The number of ether oxygens (including phenoxy) is 2. The van der Waals surface area contributed by atoms with Crippen molar-refractivity contribution in [2.45, 2.75) is 20.0 Å². The zero-order valence-electron chi connectivity index (χ0n) is 16.4. The Balaban J connectivity index is 1.62. The molecule has 3 rings (SSSR count). The molecule has 0 bridgehead atoms. The van der Waals surface area contributed by atoms with Crippen LogP contribution in [0.1, 0.15) is 11.1 Å². The average molecular weight is 439 g/mol. The number of anilines is 1. The smallest absolute Gasteiger partial charge is 0.263 e. The van der Waals surface area contributed by atoms with Crippen molar-refractivity contribution in [1.29, 1.82) is 0 Å². The second-order valence-electron chi connectivity index (χ2n) is 6.92. The summed E-state index contributed by atoms with van der Waals surface area (Å²) in [6.07, 6.45) is 0.106. The number of nitrogens with one attached hydrogen (secondary N) is 1. The van der Waals surface area contributed by atoms with E-state index in [1.165, 1.54) is 6.07 Å². The highest BCUT2D eigenvalue weighted by Gasteiger charge is 2.35. The zero-order chi connectivity index (χ0) is 21.2. The average Bonchev–Trinajstić information content (AvgIpc) is 2.66. The first kappa shape index (κ1) is 21.3. The van der Waals surface area contributed by atoms with Gasteiger partial charge in [-0.25, -0.2) is 8.42 Å². The minimum absolute atomic E-state index is 0.129. The van der Waals surface area contributed by atoms with Crippen molar-refractivity contribution in [1.82, 2.24) is 5.32 Å². The molecule has 1 N–H and O–H groups in total. The third-order valence-corrected chi connectivity index (χ3v) is 5.87. The molecular formula is C20H23ClN2O5S. The molecule has 0 saturated heterocycles. The van der Waals surface area contributed by atoms with Crippen LogP contribution in [-0.4, -0.2) is 46.4 Å². The van der Waals surface area contributed by atoms with Gasteiger partial charge in [0.2, 0.25) is 10.0 Å². The maximum Gasteiger partial charge on any atom is 0.263 e. The van der Waals surface area contributed by atoms with Gasteiger partial charge in [0.15, 0.2) is 6.10 Å². The molecule has 2 aromatic carbocycles. The van der Waals surface area contributed by atoms with Gasteiger partial charge in [0, 0.05) is 5.02 Å². The Morgan fingerprint density at radius 3 is 2.76 bits per heavy atom. The SMILES string of the molecule is Cc1ccc(C)c(OCCNC(=O)[C@@H]2CN(S(C)(=O)=O)c3cc(Cl)ccc3O2)c1. The first-order chi connectivity index (χ1) is 13.6. The minimum atomic E-state index is -3.60. The van der Waals surface area contributed by atoms with Crippen LogP contribution in [-0.2, 0) is 14.8 Å². The summed E-state index contributed by atoms with van der Waals surface area (Å²) in [5, 5.41) is 3.12. The largest absolute Gasteiger partial charge is 0.491 e. The van der Waals surface area contributed by atoms with Crippen molar-refractivity contribution in [3.05, 3.63) is 52.5 Å². The number of carbonyl (C=O) groups excluding carboxylic acids is 1. The molecule has 1 aliphatic rings. The molecule has 0 unspecified atom stereocenters. The Labute approximate surface area is 175 Å². The topological polar surface area (TPSA) is 84.9 Å². The fourth-order valence-corrected chi connectivity index (χ4v) is 4.06. The van der Waals surface area contributed by atoms with E-state index in [0.717, 1.165) is 27.4 Å². The molecule has 1 aliphatic heterocycles. The first-order valence-corrected chi connectivity index (χ1v) is 11.3. The fourth-order valence-electron chi connectivity index (χ4n) is 2.99. The van der Waals surface area contributed by atoms with Crippen molar-refractivity contribution < 1.29 is 22.7 Å². The molecule has 0 aromatic heterocycles. The molecule has 0 radical (unpaired) electrons. The standard InChI is InChI=1S/C20H23ClN2O5S/c1-13-4-5-14(2)18(10-13)27-9-8-22-20(24)19-12-23(29(3,25)26)16-11-15(21)6-7-17(16)28-19/h4-7,10-11,19H,8-9,12H2,1-3H3,(H,22,24)/t19-/m0/s1. The highest BCUT2D eigenvalue weighted by atomic mass is 35.5. The van der Waals surface area contributed by atoms with Gasteiger partial charge >= 0.3 is 0 Å². The van der Waals surface area contributed by atoms with Crippen molar-refractivity contribution in [2.24, 2.45) is 0 Å². The number of hydrogen-bond donors (Lipinski definition) is 1. The molecule has 1 atom stereocenters. The maximum absolute atomic E-state index is 12.5. The van der Waals surface area contributed by atoms with Gasteiger partial charge in [-0.05, 0) is 49.2 Å². The highest BCUT2D eigenvalue weighted by molar-refractivity contribution is 7.92. The van der Waals surface area contributed by atoms with Crippen LogP contribution in [0, 0.1) is 13.8 Å². The van der Waals surface area contributed by atoms with Crippen LogP contribution >= 0.6 is 11.6 Å². The van der Waals surface area contributed by atoms with Crippen molar-refractivity contribution in [3.63, 3.8) is 0 Å². The van der Waals surface area contributed by atoms with Crippen LogP contribution in [0.3, 0.4) is 0 Å². The molecule has 0 fully saturated rings. The molecule has 9 heteroatoms. The number of nitrogens with zero attached hydrogens (tertiary/aromatic N) is 1. The van der Waals surface area contributed by atoms with E-state index in [9.17, 15) is 13.2 Å². The third kappa shape index (κ3) is 5.13. The molecule has 156 valence electrons. The van der Waals surface area contributed by atoms with Crippen LogP contribution in [0.5, 0.6) is 11.5 Å². The molecule has 0 saturated carbocycles. The lowest BCUT2D eigenvalue weighted by Gasteiger charge is -2.34. The van der Waals surface area contributed by atoms with Crippen LogP contribution < -0.4 is 19.1 Å². The van der Waals surface area contributed by atoms with E-state index in [1.54, 1.807) is 12.1 Å². The van der Waals surface area contributed by atoms with Gasteiger partial charge in [0.05, 0.1) is 25.0 Å². The third-order valence-electron chi connectivity index (χ3n) is 4.49. The lowest BCUT2D eigenvalue weighted by Crippen LogP contribution is -2.51. The van der Waals surface area contributed by atoms with E-state index in [1.807, 2.05) is 32.0 Å². The van der Waals surface area contributed by atoms with Gasteiger partial charge in [0.1, 0.15) is 18.1 Å². The molecule has 0 aliphatic carbocycles. The van der Waals surface area contributed by atoms with Crippen molar-refractivity contribution in [3.8, 4) is 11.5 Å². The van der Waals surface area contributed by atoms with Gasteiger partial charge in [0.25, 0.3) is 5.91 Å². The summed E-state index contributed by atoms with van der Waals surface area (Å²) in [4.78, 5) is 12.5. The van der Waals surface area contributed by atoms with Crippen molar-refractivity contribution in [2.75, 3.05) is 30.3 Å². The lowest BCUT2D eigenvalue weighted by molar-refractivity contribution is -0.127. The van der Waals surface area contributed by atoms with Crippen LogP contribution in [0.4, 0.5) is 5.69 Å². The Morgan fingerprint density at radius 2 is 2.03 bits per heavy atom. The Hall–Kier alpha value is -2.45. The maximum atomic E-state index is 12.5. The van der Waals surface area contributed by atoms with Crippen LogP contribution in [0.15, 0.2) is 36.4 Å². The highest BCUT2D eigenvalue weighted by Crippen LogP contribution is 2.37. The van der Waals surface area contributed by atoms with E-state index in [-0.39, 0.29) is 25.4 Å². The van der Waals surface area contributed by atoms with E-state index >= 15 is 0 Å². The fraction of sp³-hybridized carbons (Fsp3) is 0.350. The van der Waals surface area contributed by atoms with Gasteiger partial charge < -0.3 is 14.8 Å². The van der Waals surface area contributed by atoms with Gasteiger partial charge in [-0.15, -0.1) is 0 Å². The molecule has 1 amide bonds. The summed E-state index contributed by atoms with van der Waals surface area (Å²) in [7, 11) is -3.60. The van der Waals surface area contributed by atoms with E-state index < -0.39 is 22.0 Å². The van der Waals surface area contributed by atoms with E-state index in [2.05, 4.69) is 5.32 Å². The summed E-state index contributed by atoms with van der Waals surface area (Å²) in [5.74, 6) is 0.642. The summed E-state index contributed by atoms with van der Waals surface area (Å²) >= 11 is 5.98. The predicted molar refractivity (Wildman–Crippen MR) is 112 cm³/mol. The number of carbonyl (C=O) groups is 1. The Morgan fingerprint density at radius 1 is 1.28 bits per heavy atom. The second kappa shape index (κ2) is 8.51. The predicted octanol–water partition coefficient (Wildman–Crippen LogP) is 2.68. The summed E-state index contributed by atoms with van der Waals surface area (Å²) in [6.45, 7) is 4.35. The number of rotatable bonds is 6. The summed E-state index contributed by atoms with van der Waals surface area (Å²) in [6, 6.07) is 10.6. The van der Waals surface area contributed by atoms with E-state index in [0.29, 0.717) is 10.7 Å². The van der Waals surface area contributed by atoms with Crippen LogP contribution in [0.25, 0.3) is 0 Å². The molecule has 1 heterocycles. The summed E-state index contributed by atoms with van der Waals surface area (Å²) in [5.41, 5.74) is 2.42. The number of fused-ring (bicyclic) bond motifs is 1. The number of benzene rings is 2. The lowest BCUT2D eigenvalue weighted by atomic mass is 10.1. The minimum Gasteiger partial charge on any atom is -0.491 e. The van der Waals surface area contributed by atoms with Crippen LogP contribution in [0.2, 0.25) is 5.02 Å². The quantitative estimate of drug-likeness (QED) is 0.701. The number of sulfonamides is 1. The molecule has 2 aromatic rings. The van der Waals surface area contributed by atoms with Gasteiger partial charge in [-0.3, -0.25) is 9.10 Å². The van der Waals surface area contributed by atoms with Crippen molar-refractivity contribution >= 4 is 33.2 Å². The van der Waals surface area contributed by atoms with E-state index in [4.69, 9.17) is 21.1 Å². The first-order valence-electron chi connectivity index (χ1n) is 9.07. The Bertz CT molecular complexity index is 1030. The monoisotopic (exact) mass is 438 g/mol. The zero-order valence-corrected chi connectivity index (χ0v) is 18.0. The molecule has 29 heavy (non-hydrogen) atoms. The molecular weight excluding hydrogens is 416 g/mol. The second-order valence-corrected chi connectivity index (χ2v) is 9.26. The number of amides is 1. The molecule has 0 spiro atoms. The summed E-state index contributed by atoms with van der Waals surface area (Å²) < 4.78 is 36.9. The van der Waals surface area contributed by atoms with Gasteiger partial charge in [-0.1, -0.05) is 23.7 Å². The number of halogens is 1. The van der Waals surface area contributed by atoms with Gasteiger partial charge in [-0.2, -0.15) is 0 Å². The normalized spacial score (nSPS) is 16.0. The number of aryl methyl sites for hydroxylation is 2.